The molecule has 20 heavy (non-hydrogen) atoms. The minimum atomic E-state index is -0.355. The van der Waals surface area contributed by atoms with Crippen LogP contribution in [-0.4, -0.2) is 28.7 Å². The molecule has 1 aromatic heterocycles. The molecule has 6 heteroatoms. The molecule has 5 nitrogen and oxygen atoms in total. The predicted molar refractivity (Wildman–Crippen MR) is 71.8 cm³/mol. The zero-order valence-electron chi connectivity index (χ0n) is 11.9. The van der Waals surface area contributed by atoms with Crippen LogP contribution in [0.2, 0.25) is 0 Å². The van der Waals surface area contributed by atoms with Gasteiger partial charge in [-0.1, -0.05) is 18.1 Å². The Hall–Kier alpha value is -1.95. The molecule has 0 amide bonds. The first-order chi connectivity index (χ1) is 9.62. The Morgan fingerprint density at radius 1 is 1.35 bits per heavy atom. The topological polar surface area (TPSA) is 51.4 Å². The highest BCUT2D eigenvalue weighted by molar-refractivity contribution is 5.30. The van der Waals surface area contributed by atoms with Gasteiger partial charge in [0.15, 0.2) is 17.4 Å². The van der Waals surface area contributed by atoms with Crippen LogP contribution in [0.15, 0.2) is 22.7 Å². The lowest BCUT2D eigenvalue weighted by atomic mass is 10.2. The van der Waals surface area contributed by atoms with Crippen molar-refractivity contribution in [2.45, 2.75) is 26.9 Å². The highest BCUT2D eigenvalue weighted by Gasteiger charge is 2.11. The molecule has 0 bridgehead atoms. The molecule has 0 aliphatic heterocycles. The summed E-state index contributed by atoms with van der Waals surface area (Å²) in [4.78, 5) is 6.31. The Kier molecular flexibility index (Phi) is 4.68. The van der Waals surface area contributed by atoms with Crippen molar-refractivity contribution in [2.75, 3.05) is 13.7 Å². The van der Waals surface area contributed by atoms with Crippen LogP contribution < -0.4 is 4.74 Å². The zero-order chi connectivity index (χ0) is 14.5. The lowest BCUT2D eigenvalue weighted by Crippen LogP contribution is -2.22. The summed E-state index contributed by atoms with van der Waals surface area (Å²) in [5.41, 5.74) is 0.973. The molecule has 1 aromatic carbocycles. The average molecular weight is 279 g/mol. The van der Waals surface area contributed by atoms with E-state index >= 15 is 0 Å². The zero-order valence-corrected chi connectivity index (χ0v) is 11.9. The van der Waals surface area contributed by atoms with Gasteiger partial charge in [-0.15, -0.1) is 0 Å². The fourth-order valence-electron chi connectivity index (χ4n) is 1.94. The summed E-state index contributed by atoms with van der Waals surface area (Å²) >= 11 is 0. The molecule has 0 saturated heterocycles. The lowest BCUT2D eigenvalue weighted by molar-refractivity contribution is 0.228. The second kappa shape index (κ2) is 6.47. The van der Waals surface area contributed by atoms with Gasteiger partial charge < -0.3 is 9.26 Å². The standard InChI is InChI=1S/C14H18FN3O2/c1-4-18(9-14-16-10(2)17-20-14)8-11-5-6-12(15)13(7-11)19-3/h5-7H,4,8-9H2,1-3H3. The van der Waals surface area contributed by atoms with Crippen molar-refractivity contribution in [2.24, 2.45) is 0 Å². The minimum absolute atomic E-state index is 0.257. The lowest BCUT2D eigenvalue weighted by Gasteiger charge is -2.18. The van der Waals surface area contributed by atoms with Crippen LogP contribution in [0, 0.1) is 12.7 Å². The highest BCUT2D eigenvalue weighted by atomic mass is 19.1. The fraction of sp³-hybridized carbons (Fsp3) is 0.429. The van der Waals surface area contributed by atoms with Crippen molar-refractivity contribution in [1.82, 2.24) is 15.0 Å². The van der Waals surface area contributed by atoms with Crippen LogP contribution in [0.3, 0.4) is 0 Å². The largest absolute Gasteiger partial charge is 0.494 e. The molecular formula is C14H18FN3O2. The van der Waals surface area contributed by atoms with Crippen molar-refractivity contribution < 1.29 is 13.7 Å². The second-order valence-corrected chi connectivity index (χ2v) is 4.51. The smallest absolute Gasteiger partial charge is 0.240 e. The number of nitrogens with zero attached hydrogens (tertiary/aromatic N) is 3. The Labute approximate surface area is 117 Å². The number of ether oxygens (including phenoxy) is 1. The number of halogens is 1. The number of methoxy groups -OCH3 is 1. The van der Waals surface area contributed by atoms with Crippen LogP contribution in [0.4, 0.5) is 4.39 Å². The molecule has 1 heterocycles. The van der Waals surface area contributed by atoms with Gasteiger partial charge in [0, 0.05) is 6.54 Å². The minimum Gasteiger partial charge on any atom is -0.494 e. The van der Waals surface area contributed by atoms with Crippen molar-refractivity contribution in [1.29, 1.82) is 0 Å². The average Bonchev–Trinajstić information content (AvgIpc) is 2.85. The van der Waals surface area contributed by atoms with E-state index in [9.17, 15) is 4.39 Å². The van der Waals surface area contributed by atoms with E-state index in [-0.39, 0.29) is 11.6 Å². The quantitative estimate of drug-likeness (QED) is 0.813. The van der Waals surface area contributed by atoms with Gasteiger partial charge in [0.25, 0.3) is 0 Å². The summed E-state index contributed by atoms with van der Waals surface area (Å²) in [5, 5.41) is 3.77. The first kappa shape index (κ1) is 14.5. The molecule has 0 fully saturated rings. The Bertz CT molecular complexity index is 571. The summed E-state index contributed by atoms with van der Waals surface area (Å²) in [6.45, 7) is 5.88. The van der Waals surface area contributed by atoms with E-state index < -0.39 is 0 Å². The molecule has 0 N–H and O–H groups in total. The van der Waals surface area contributed by atoms with E-state index in [1.165, 1.54) is 13.2 Å². The van der Waals surface area contributed by atoms with Gasteiger partial charge >= 0.3 is 0 Å². The van der Waals surface area contributed by atoms with E-state index in [2.05, 4.69) is 15.0 Å². The number of aromatic nitrogens is 2. The van der Waals surface area contributed by atoms with E-state index in [0.717, 1.165) is 12.1 Å². The number of hydrogen-bond acceptors (Lipinski definition) is 5. The number of aryl methyl sites for hydroxylation is 1. The fourth-order valence-corrected chi connectivity index (χ4v) is 1.94. The molecule has 108 valence electrons. The first-order valence-electron chi connectivity index (χ1n) is 6.46. The maximum absolute atomic E-state index is 13.4. The Balaban J connectivity index is 2.06. The Morgan fingerprint density at radius 2 is 2.15 bits per heavy atom. The van der Waals surface area contributed by atoms with Crippen molar-refractivity contribution in [3.05, 3.63) is 41.3 Å². The number of benzene rings is 1. The maximum Gasteiger partial charge on any atom is 0.240 e. The molecule has 0 unspecified atom stereocenters. The van der Waals surface area contributed by atoms with Gasteiger partial charge in [-0.2, -0.15) is 4.98 Å². The SMILES string of the molecule is CCN(Cc1ccc(F)c(OC)c1)Cc1nc(C)no1. The van der Waals surface area contributed by atoms with Gasteiger partial charge in [0.2, 0.25) is 5.89 Å². The monoisotopic (exact) mass is 279 g/mol. The van der Waals surface area contributed by atoms with E-state index in [1.807, 2.05) is 6.92 Å². The van der Waals surface area contributed by atoms with Crippen LogP contribution in [-0.2, 0) is 13.1 Å². The molecule has 0 spiro atoms. The van der Waals surface area contributed by atoms with E-state index in [1.54, 1.807) is 19.1 Å². The summed E-state index contributed by atoms with van der Waals surface area (Å²) in [5.74, 6) is 1.11. The Morgan fingerprint density at radius 3 is 2.75 bits per heavy atom. The van der Waals surface area contributed by atoms with Crippen LogP contribution in [0.1, 0.15) is 24.2 Å². The van der Waals surface area contributed by atoms with Crippen LogP contribution in [0.25, 0.3) is 0 Å². The van der Waals surface area contributed by atoms with Crippen LogP contribution >= 0.6 is 0 Å². The van der Waals surface area contributed by atoms with Crippen molar-refractivity contribution in [3.63, 3.8) is 0 Å². The van der Waals surface area contributed by atoms with Gasteiger partial charge in [0.05, 0.1) is 13.7 Å². The van der Waals surface area contributed by atoms with Gasteiger partial charge in [-0.25, -0.2) is 4.39 Å². The van der Waals surface area contributed by atoms with Crippen molar-refractivity contribution >= 4 is 0 Å². The van der Waals surface area contributed by atoms with E-state index in [0.29, 0.717) is 24.8 Å². The summed E-state index contributed by atoms with van der Waals surface area (Å²) < 4.78 is 23.5. The predicted octanol–water partition coefficient (Wildman–Crippen LogP) is 2.55. The molecule has 0 saturated carbocycles. The number of rotatable bonds is 6. The molecule has 0 atom stereocenters. The summed E-state index contributed by atoms with van der Waals surface area (Å²) in [6.07, 6.45) is 0. The van der Waals surface area contributed by atoms with E-state index in [4.69, 9.17) is 9.26 Å². The van der Waals surface area contributed by atoms with Crippen molar-refractivity contribution in [3.8, 4) is 5.75 Å². The summed E-state index contributed by atoms with van der Waals surface area (Å²) in [6, 6.07) is 4.87. The summed E-state index contributed by atoms with van der Waals surface area (Å²) in [7, 11) is 1.46. The molecule has 2 rings (SSSR count). The highest BCUT2D eigenvalue weighted by Crippen LogP contribution is 2.19. The van der Waals surface area contributed by atoms with Gasteiger partial charge in [-0.05, 0) is 31.2 Å². The second-order valence-electron chi connectivity index (χ2n) is 4.51. The third-order valence-corrected chi connectivity index (χ3v) is 3.00. The molecule has 2 aromatic rings. The van der Waals surface area contributed by atoms with Gasteiger partial charge in [-0.3, -0.25) is 4.90 Å². The third kappa shape index (κ3) is 3.54. The normalized spacial score (nSPS) is 11.1. The third-order valence-electron chi connectivity index (χ3n) is 3.00. The van der Waals surface area contributed by atoms with Crippen LogP contribution in [0.5, 0.6) is 5.75 Å². The molecule has 0 aliphatic carbocycles. The maximum atomic E-state index is 13.4. The molecule has 0 aliphatic rings. The first-order valence-corrected chi connectivity index (χ1v) is 6.46. The number of hydrogen-bond donors (Lipinski definition) is 0. The van der Waals surface area contributed by atoms with Gasteiger partial charge in [0.1, 0.15) is 0 Å². The molecular weight excluding hydrogens is 261 g/mol. The molecule has 0 radical (unpaired) electrons.